The number of carbonyl (C=O) groups is 1. The molecule has 0 spiro atoms. The molecule has 1 saturated carbocycles. The summed E-state index contributed by atoms with van der Waals surface area (Å²) in [5.74, 6) is 1.30. The van der Waals surface area contributed by atoms with E-state index in [1.54, 1.807) is 4.90 Å². The van der Waals surface area contributed by atoms with Crippen molar-refractivity contribution in [2.24, 2.45) is 11.8 Å². The van der Waals surface area contributed by atoms with E-state index in [1.165, 1.54) is 0 Å². The summed E-state index contributed by atoms with van der Waals surface area (Å²) in [5.41, 5.74) is 0. The Bertz CT molecular complexity index is 573. The van der Waals surface area contributed by atoms with Crippen LogP contribution in [0, 0.1) is 11.8 Å². The average molecular weight is 405 g/mol. The number of aliphatic hydroxyl groups is 1. The number of nitrogens with one attached hydrogen (secondary N) is 1. The maximum absolute atomic E-state index is 12.4. The lowest BCUT2D eigenvalue weighted by molar-refractivity contribution is -0.139. The van der Waals surface area contributed by atoms with Crippen molar-refractivity contribution in [1.82, 2.24) is 9.62 Å². The highest BCUT2D eigenvalue weighted by Crippen LogP contribution is 2.31. The predicted molar refractivity (Wildman–Crippen MR) is 105 cm³/mol. The van der Waals surface area contributed by atoms with E-state index in [-0.39, 0.29) is 37.1 Å². The van der Waals surface area contributed by atoms with Crippen LogP contribution < -0.4 is 4.72 Å². The summed E-state index contributed by atoms with van der Waals surface area (Å²) in [6, 6.07) is -0.668. The zero-order chi connectivity index (χ0) is 20.0. The van der Waals surface area contributed by atoms with Gasteiger partial charge in [-0.2, -0.15) is 0 Å². The average Bonchev–Trinajstić information content (AvgIpc) is 2.59. The lowest BCUT2D eigenvalue weighted by atomic mass is 9.80. The molecule has 0 aromatic rings. The Balaban J connectivity index is 2.00. The minimum Gasteiger partial charge on any atom is -0.396 e. The fourth-order valence-corrected chi connectivity index (χ4v) is 5.21. The fourth-order valence-electron chi connectivity index (χ4n) is 4.38. The number of amides is 1. The molecule has 0 radical (unpaired) electrons. The monoisotopic (exact) mass is 404 g/mol. The van der Waals surface area contributed by atoms with Crippen LogP contribution in [-0.4, -0.2) is 68.5 Å². The maximum Gasteiger partial charge on any atom is 0.225 e. The van der Waals surface area contributed by atoms with Gasteiger partial charge in [0.1, 0.15) is 0 Å². The molecular weight excluding hydrogens is 368 g/mol. The van der Waals surface area contributed by atoms with Crippen LogP contribution in [0.5, 0.6) is 0 Å². The third kappa shape index (κ3) is 7.00. The minimum absolute atomic E-state index is 0.0571. The Hall–Kier alpha value is -0.700. The Morgan fingerprint density at radius 3 is 2.44 bits per heavy atom. The van der Waals surface area contributed by atoms with Crippen LogP contribution in [0.15, 0.2) is 0 Å². The van der Waals surface area contributed by atoms with E-state index in [1.807, 2.05) is 0 Å². The van der Waals surface area contributed by atoms with Crippen molar-refractivity contribution in [3.63, 3.8) is 0 Å². The van der Waals surface area contributed by atoms with Gasteiger partial charge in [-0.15, -0.1) is 0 Å². The molecule has 27 heavy (non-hydrogen) atoms. The van der Waals surface area contributed by atoms with Gasteiger partial charge in [-0.25, -0.2) is 13.1 Å². The second-order valence-corrected chi connectivity index (χ2v) is 10.2. The number of carbonyl (C=O) groups excluding carboxylic acids is 1. The van der Waals surface area contributed by atoms with E-state index in [9.17, 15) is 13.2 Å². The predicted octanol–water partition coefficient (Wildman–Crippen LogP) is 1.51. The molecule has 1 aliphatic heterocycles. The lowest BCUT2D eigenvalue weighted by Crippen LogP contribution is -2.59. The van der Waals surface area contributed by atoms with Crippen molar-refractivity contribution in [3.05, 3.63) is 0 Å². The molecule has 158 valence electrons. The summed E-state index contributed by atoms with van der Waals surface area (Å²) < 4.78 is 32.4. The number of piperidine rings is 1. The van der Waals surface area contributed by atoms with E-state index in [0.717, 1.165) is 44.3 Å². The summed E-state index contributed by atoms with van der Waals surface area (Å²) >= 11 is 0. The number of ether oxygens (including phenoxy) is 1. The number of rotatable bonds is 8. The molecule has 0 aromatic carbocycles. The van der Waals surface area contributed by atoms with Crippen molar-refractivity contribution in [3.8, 4) is 0 Å². The molecule has 1 heterocycles. The summed E-state index contributed by atoms with van der Waals surface area (Å²) in [6.07, 6.45) is 7.15. The van der Waals surface area contributed by atoms with Crippen LogP contribution in [0.2, 0.25) is 0 Å². The van der Waals surface area contributed by atoms with Crippen molar-refractivity contribution in [2.45, 2.75) is 77.0 Å². The first kappa shape index (κ1) is 22.6. The number of likely N-dealkylation sites (tertiary alicyclic amines) is 1. The van der Waals surface area contributed by atoms with Crippen molar-refractivity contribution < 1.29 is 23.1 Å². The van der Waals surface area contributed by atoms with Gasteiger partial charge < -0.3 is 14.7 Å². The van der Waals surface area contributed by atoms with Crippen LogP contribution >= 0.6 is 0 Å². The van der Waals surface area contributed by atoms with Gasteiger partial charge >= 0.3 is 0 Å². The number of hydrogen-bond donors (Lipinski definition) is 2. The van der Waals surface area contributed by atoms with Crippen LogP contribution in [0.1, 0.15) is 58.8 Å². The molecule has 2 fully saturated rings. The van der Waals surface area contributed by atoms with Gasteiger partial charge in [0.05, 0.1) is 31.6 Å². The third-order valence-electron chi connectivity index (χ3n) is 5.95. The number of nitrogens with zero attached hydrogens (tertiary/aromatic N) is 1. The Labute approximate surface area is 163 Å². The topological polar surface area (TPSA) is 95.9 Å². The Morgan fingerprint density at radius 2 is 1.89 bits per heavy atom. The number of sulfonamides is 1. The molecule has 0 aromatic heterocycles. The van der Waals surface area contributed by atoms with Crippen LogP contribution in [0.25, 0.3) is 0 Å². The largest absolute Gasteiger partial charge is 0.396 e. The lowest BCUT2D eigenvalue weighted by Gasteiger charge is -2.42. The molecule has 2 aliphatic rings. The van der Waals surface area contributed by atoms with Gasteiger partial charge in [-0.3, -0.25) is 4.79 Å². The third-order valence-corrected chi connectivity index (χ3v) is 6.69. The van der Waals surface area contributed by atoms with Crippen LogP contribution in [-0.2, 0) is 19.6 Å². The fraction of sp³-hybridized carbons (Fsp3) is 0.947. The van der Waals surface area contributed by atoms with Crippen molar-refractivity contribution in [1.29, 1.82) is 0 Å². The minimum atomic E-state index is -3.37. The van der Waals surface area contributed by atoms with E-state index in [4.69, 9.17) is 9.84 Å². The van der Waals surface area contributed by atoms with Gasteiger partial charge in [0.25, 0.3) is 0 Å². The summed E-state index contributed by atoms with van der Waals surface area (Å²) in [7, 11) is -3.37. The van der Waals surface area contributed by atoms with Gasteiger partial charge in [0.2, 0.25) is 15.9 Å². The molecule has 1 amide bonds. The summed E-state index contributed by atoms with van der Waals surface area (Å²) in [4.78, 5) is 14.1. The highest BCUT2D eigenvalue weighted by Gasteiger charge is 2.36. The normalized spacial score (nSPS) is 29.9. The van der Waals surface area contributed by atoms with Gasteiger partial charge in [-0.1, -0.05) is 13.8 Å². The molecular formula is C19H36N2O5S. The van der Waals surface area contributed by atoms with E-state index in [2.05, 4.69) is 18.6 Å². The second kappa shape index (κ2) is 10.2. The van der Waals surface area contributed by atoms with Gasteiger partial charge in [0, 0.05) is 19.0 Å². The molecule has 1 aliphatic carbocycles. The number of aliphatic hydroxyl groups excluding tert-OH is 1. The quantitative estimate of drug-likeness (QED) is 0.639. The van der Waals surface area contributed by atoms with E-state index in [0.29, 0.717) is 25.5 Å². The van der Waals surface area contributed by atoms with E-state index < -0.39 is 10.0 Å². The molecule has 8 heteroatoms. The zero-order valence-electron chi connectivity index (χ0n) is 16.9. The van der Waals surface area contributed by atoms with E-state index >= 15 is 0 Å². The molecule has 0 unspecified atom stereocenters. The van der Waals surface area contributed by atoms with Crippen molar-refractivity contribution >= 4 is 15.9 Å². The maximum atomic E-state index is 12.4. The molecule has 2 atom stereocenters. The van der Waals surface area contributed by atoms with Gasteiger partial charge in [0.15, 0.2) is 0 Å². The smallest absolute Gasteiger partial charge is 0.225 e. The highest BCUT2D eigenvalue weighted by atomic mass is 32.2. The molecule has 1 saturated heterocycles. The summed E-state index contributed by atoms with van der Waals surface area (Å²) in [6.45, 7) is 5.24. The van der Waals surface area contributed by atoms with Crippen LogP contribution in [0.3, 0.4) is 0 Å². The molecule has 2 rings (SSSR count). The molecule has 2 N–H and O–H groups in total. The van der Waals surface area contributed by atoms with Crippen molar-refractivity contribution in [2.75, 3.05) is 26.0 Å². The first-order chi connectivity index (χ1) is 12.7. The zero-order valence-corrected chi connectivity index (χ0v) is 17.7. The second-order valence-electron chi connectivity index (χ2n) is 8.38. The van der Waals surface area contributed by atoms with Crippen LogP contribution in [0.4, 0.5) is 0 Å². The first-order valence-electron chi connectivity index (χ1n) is 10.2. The Morgan fingerprint density at radius 1 is 1.22 bits per heavy atom. The van der Waals surface area contributed by atoms with Gasteiger partial charge in [-0.05, 0) is 50.4 Å². The molecule has 0 bridgehead atoms. The highest BCUT2D eigenvalue weighted by molar-refractivity contribution is 7.88. The first-order valence-corrected chi connectivity index (χ1v) is 12.1. The standard InChI is InChI=1S/C19H36N2O5S/c1-14(2)15-6-8-16(9-7-15)26-13-18-17(20-27(3,24)25)5-4-11-21(18)19(23)10-12-22/h14-18,20,22H,4-13H2,1-3H3/t15-,16+,17-,18-/m0/s1. The molecule has 7 nitrogen and oxygen atoms in total. The number of hydrogen-bond acceptors (Lipinski definition) is 5. The SMILES string of the molecule is CC(C)[C@H]1CC[C@@H](OC[C@H]2[C@@H](NS(C)(=O)=O)CCCN2C(=O)CCO)CC1. The summed E-state index contributed by atoms with van der Waals surface area (Å²) in [5, 5.41) is 9.12. The Kier molecular flexibility index (Phi) is 8.52.